The molecule has 1 aliphatic heterocycles. The number of aromatic nitrogens is 2. The Kier molecular flexibility index (Phi) is 7.18. The molecule has 2 aromatic rings. The number of carbonyl (C=O) groups excluding carboxylic acids is 1. The van der Waals surface area contributed by atoms with Crippen molar-refractivity contribution >= 4 is 27.0 Å². The zero-order valence-corrected chi connectivity index (χ0v) is 19.3. The zero-order chi connectivity index (χ0) is 21.9. The van der Waals surface area contributed by atoms with Crippen molar-refractivity contribution in [3.63, 3.8) is 0 Å². The van der Waals surface area contributed by atoms with Gasteiger partial charge in [0.05, 0.1) is 15.9 Å². The molecule has 1 fully saturated rings. The standard InChI is InChI=1S/C22H34N4O3S/c1-5-12-26-20-9-8-18(30(28,29)25-13-6-7-14-25)15-19(20)24-21(26)10-11-22(27)23-17(4)16(2)3/h8-9,15-17H,5-7,10-14H2,1-4H3,(H,23,27). The summed E-state index contributed by atoms with van der Waals surface area (Å²) >= 11 is 0. The molecule has 7 nitrogen and oxygen atoms in total. The summed E-state index contributed by atoms with van der Waals surface area (Å²) in [5.74, 6) is 1.23. The SMILES string of the molecule is CCCn1c(CCC(=O)NC(C)C(C)C)nc2cc(S(=O)(=O)N3CCCC3)ccc21. The Morgan fingerprint density at radius 1 is 1.20 bits per heavy atom. The van der Waals surface area contributed by atoms with Crippen LogP contribution in [-0.2, 0) is 27.8 Å². The second-order valence-corrected chi connectivity index (χ2v) is 10.5. The maximum atomic E-state index is 12.9. The fourth-order valence-electron chi connectivity index (χ4n) is 3.78. The van der Waals surface area contributed by atoms with Crippen LogP contribution in [0.3, 0.4) is 0 Å². The highest BCUT2D eigenvalue weighted by atomic mass is 32.2. The summed E-state index contributed by atoms with van der Waals surface area (Å²) in [5, 5.41) is 3.03. The van der Waals surface area contributed by atoms with Crippen LogP contribution in [0.2, 0.25) is 0 Å². The molecule has 2 heterocycles. The lowest BCUT2D eigenvalue weighted by Crippen LogP contribution is -2.36. The number of sulfonamides is 1. The van der Waals surface area contributed by atoms with E-state index in [0.29, 0.717) is 42.3 Å². The molecule has 0 spiro atoms. The first kappa shape index (κ1) is 22.7. The number of hydrogen-bond donors (Lipinski definition) is 1. The lowest BCUT2D eigenvalue weighted by atomic mass is 10.1. The van der Waals surface area contributed by atoms with Gasteiger partial charge in [-0.25, -0.2) is 13.4 Å². The molecule has 3 rings (SSSR count). The van der Waals surface area contributed by atoms with E-state index in [-0.39, 0.29) is 11.9 Å². The molecular weight excluding hydrogens is 400 g/mol. The van der Waals surface area contributed by atoms with Crippen LogP contribution in [0.1, 0.15) is 59.2 Å². The van der Waals surface area contributed by atoms with Gasteiger partial charge in [-0.05, 0) is 50.3 Å². The van der Waals surface area contributed by atoms with Crippen molar-refractivity contribution in [1.82, 2.24) is 19.2 Å². The van der Waals surface area contributed by atoms with Crippen LogP contribution in [0.25, 0.3) is 11.0 Å². The Morgan fingerprint density at radius 2 is 1.90 bits per heavy atom. The Labute approximate surface area is 179 Å². The van der Waals surface area contributed by atoms with Gasteiger partial charge in [0, 0.05) is 38.5 Å². The molecule has 1 saturated heterocycles. The number of hydrogen-bond acceptors (Lipinski definition) is 4. The van der Waals surface area contributed by atoms with Crippen molar-refractivity contribution in [3.05, 3.63) is 24.0 Å². The predicted molar refractivity (Wildman–Crippen MR) is 119 cm³/mol. The fraction of sp³-hybridized carbons (Fsp3) is 0.636. The molecule has 1 aromatic heterocycles. The molecule has 1 amide bonds. The molecule has 1 unspecified atom stereocenters. The number of rotatable bonds is 9. The van der Waals surface area contributed by atoms with Crippen LogP contribution in [0, 0.1) is 5.92 Å². The first-order valence-corrected chi connectivity index (χ1v) is 12.5. The van der Waals surface area contributed by atoms with Gasteiger partial charge in [0.15, 0.2) is 0 Å². The maximum absolute atomic E-state index is 12.9. The Morgan fingerprint density at radius 3 is 2.53 bits per heavy atom. The van der Waals surface area contributed by atoms with E-state index in [1.54, 1.807) is 16.4 Å². The molecule has 1 aromatic carbocycles. The number of benzene rings is 1. The smallest absolute Gasteiger partial charge is 0.243 e. The van der Waals surface area contributed by atoms with Crippen molar-refractivity contribution in [2.75, 3.05) is 13.1 Å². The first-order chi connectivity index (χ1) is 14.2. The topological polar surface area (TPSA) is 84.3 Å². The third-order valence-corrected chi connectivity index (χ3v) is 7.81. The third kappa shape index (κ3) is 4.86. The fourth-order valence-corrected chi connectivity index (χ4v) is 5.32. The minimum absolute atomic E-state index is 0.0172. The van der Waals surface area contributed by atoms with Crippen LogP contribution >= 0.6 is 0 Å². The van der Waals surface area contributed by atoms with Gasteiger partial charge in [-0.15, -0.1) is 0 Å². The van der Waals surface area contributed by atoms with Crippen LogP contribution in [0.15, 0.2) is 23.1 Å². The molecule has 166 valence electrons. The van der Waals surface area contributed by atoms with E-state index in [0.717, 1.165) is 37.1 Å². The molecular formula is C22H34N4O3S. The summed E-state index contributed by atoms with van der Waals surface area (Å²) < 4.78 is 29.5. The van der Waals surface area contributed by atoms with Crippen LogP contribution in [0.4, 0.5) is 0 Å². The Balaban J connectivity index is 1.84. The summed E-state index contributed by atoms with van der Waals surface area (Å²) in [6.07, 6.45) is 3.65. The van der Waals surface area contributed by atoms with E-state index in [1.807, 2.05) is 13.0 Å². The van der Waals surface area contributed by atoms with Crippen molar-refractivity contribution < 1.29 is 13.2 Å². The first-order valence-electron chi connectivity index (χ1n) is 11.0. The number of aryl methyl sites for hydroxylation is 2. The molecule has 8 heteroatoms. The summed E-state index contributed by atoms with van der Waals surface area (Å²) in [6.45, 7) is 10.2. The van der Waals surface area contributed by atoms with Crippen molar-refractivity contribution in [3.8, 4) is 0 Å². The lowest BCUT2D eigenvalue weighted by molar-refractivity contribution is -0.121. The number of carbonyl (C=O) groups is 1. The molecule has 1 atom stereocenters. The maximum Gasteiger partial charge on any atom is 0.243 e. The van der Waals surface area contributed by atoms with Crippen LogP contribution in [-0.4, -0.2) is 47.3 Å². The molecule has 30 heavy (non-hydrogen) atoms. The monoisotopic (exact) mass is 434 g/mol. The second-order valence-electron chi connectivity index (χ2n) is 8.54. The lowest BCUT2D eigenvalue weighted by Gasteiger charge is -2.17. The number of amides is 1. The van der Waals surface area contributed by atoms with E-state index < -0.39 is 10.0 Å². The van der Waals surface area contributed by atoms with E-state index >= 15 is 0 Å². The van der Waals surface area contributed by atoms with Crippen molar-refractivity contribution in [2.24, 2.45) is 5.92 Å². The van der Waals surface area contributed by atoms with Crippen LogP contribution in [0.5, 0.6) is 0 Å². The molecule has 1 N–H and O–H groups in total. The quantitative estimate of drug-likeness (QED) is 0.656. The molecule has 0 aliphatic carbocycles. The zero-order valence-electron chi connectivity index (χ0n) is 18.5. The molecule has 0 bridgehead atoms. The third-order valence-electron chi connectivity index (χ3n) is 5.91. The highest BCUT2D eigenvalue weighted by Gasteiger charge is 2.28. The molecule has 0 saturated carbocycles. The predicted octanol–water partition coefficient (Wildman–Crippen LogP) is 3.32. The highest BCUT2D eigenvalue weighted by molar-refractivity contribution is 7.89. The minimum Gasteiger partial charge on any atom is -0.353 e. The average molecular weight is 435 g/mol. The summed E-state index contributed by atoms with van der Waals surface area (Å²) in [6, 6.07) is 5.35. The van der Waals surface area contributed by atoms with E-state index in [9.17, 15) is 13.2 Å². The van der Waals surface area contributed by atoms with Crippen LogP contribution < -0.4 is 5.32 Å². The minimum atomic E-state index is -3.47. The van der Waals surface area contributed by atoms with E-state index in [4.69, 9.17) is 4.98 Å². The average Bonchev–Trinajstić information content (AvgIpc) is 3.35. The normalized spacial score (nSPS) is 16.4. The van der Waals surface area contributed by atoms with Gasteiger partial charge in [-0.3, -0.25) is 4.79 Å². The van der Waals surface area contributed by atoms with E-state index in [1.165, 1.54) is 0 Å². The van der Waals surface area contributed by atoms with Crippen molar-refractivity contribution in [1.29, 1.82) is 0 Å². The largest absolute Gasteiger partial charge is 0.353 e. The number of nitrogens with one attached hydrogen (secondary N) is 1. The van der Waals surface area contributed by atoms with Gasteiger partial charge < -0.3 is 9.88 Å². The van der Waals surface area contributed by atoms with Crippen molar-refractivity contribution in [2.45, 2.75) is 77.3 Å². The van der Waals surface area contributed by atoms with Gasteiger partial charge in [0.2, 0.25) is 15.9 Å². The highest BCUT2D eigenvalue weighted by Crippen LogP contribution is 2.25. The Hall–Kier alpha value is -1.93. The number of nitrogens with zero attached hydrogens (tertiary/aromatic N) is 3. The molecule has 0 radical (unpaired) electrons. The summed E-state index contributed by atoms with van der Waals surface area (Å²) in [5.41, 5.74) is 1.60. The van der Waals surface area contributed by atoms with Gasteiger partial charge in [-0.1, -0.05) is 20.8 Å². The number of fused-ring (bicyclic) bond motifs is 1. The van der Waals surface area contributed by atoms with Gasteiger partial charge in [0.1, 0.15) is 5.82 Å². The number of imidazole rings is 1. The Bertz CT molecular complexity index is 991. The van der Waals surface area contributed by atoms with Gasteiger partial charge >= 0.3 is 0 Å². The van der Waals surface area contributed by atoms with Gasteiger partial charge in [0.25, 0.3) is 0 Å². The molecule has 1 aliphatic rings. The summed E-state index contributed by atoms with van der Waals surface area (Å²) in [4.78, 5) is 17.3. The van der Waals surface area contributed by atoms with E-state index in [2.05, 4.69) is 30.7 Å². The van der Waals surface area contributed by atoms with Gasteiger partial charge in [-0.2, -0.15) is 4.31 Å². The summed E-state index contributed by atoms with van der Waals surface area (Å²) in [7, 11) is -3.47. The second kappa shape index (κ2) is 9.47.